The SMILES string of the molecule is COc1cc2c(cc1OC)C(CN(C(=O)OCc1ccccc1)c1ccc(C)cc1)=NCC2. The number of benzene rings is 3. The summed E-state index contributed by atoms with van der Waals surface area (Å²) in [5.74, 6) is 1.33. The van der Waals surface area contributed by atoms with Gasteiger partial charge in [0.1, 0.15) is 6.61 Å². The van der Waals surface area contributed by atoms with E-state index < -0.39 is 6.09 Å². The Labute approximate surface area is 194 Å². The van der Waals surface area contributed by atoms with Gasteiger partial charge in [0.2, 0.25) is 0 Å². The first-order valence-electron chi connectivity index (χ1n) is 10.9. The fourth-order valence-corrected chi connectivity index (χ4v) is 3.86. The number of hydrogen-bond donors (Lipinski definition) is 0. The van der Waals surface area contributed by atoms with Gasteiger partial charge in [0.05, 0.1) is 26.5 Å². The van der Waals surface area contributed by atoms with Gasteiger partial charge in [-0.25, -0.2) is 4.79 Å². The van der Waals surface area contributed by atoms with Gasteiger partial charge in [-0.1, -0.05) is 48.0 Å². The van der Waals surface area contributed by atoms with E-state index in [0.717, 1.165) is 40.1 Å². The molecule has 1 amide bonds. The molecule has 1 heterocycles. The van der Waals surface area contributed by atoms with Crippen LogP contribution in [0.5, 0.6) is 11.5 Å². The Balaban J connectivity index is 1.62. The third-order valence-electron chi connectivity index (χ3n) is 5.68. The van der Waals surface area contributed by atoms with Crippen LogP contribution in [0.3, 0.4) is 0 Å². The summed E-state index contributed by atoms with van der Waals surface area (Å²) < 4.78 is 16.6. The van der Waals surface area contributed by atoms with Gasteiger partial charge in [0.25, 0.3) is 0 Å². The molecule has 3 aromatic rings. The van der Waals surface area contributed by atoms with Crippen molar-refractivity contribution in [3.05, 3.63) is 89.0 Å². The highest BCUT2D eigenvalue weighted by molar-refractivity contribution is 6.09. The molecule has 0 fully saturated rings. The summed E-state index contributed by atoms with van der Waals surface area (Å²) >= 11 is 0. The van der Waals surface area contributed by atoms with Crippen LogP contribution >= 0.6 is 0 Å². The zero-order valence-corrected chi connectivity index (χ0v) is 19.2. The van der Waals surface area contributed by atoms with E-state index >= 15 is 0 Å². The molecule has 0 saturated heterocycles. The highest BCUT2D eigenvalue weighted by Crippen LogP contribution is 2.33. The molecule has 6 nitrogen and oxygen atoms in total. The summed E-state index contributed by atoms with van der Waals surface area (Å²) in [7, 11) is 3.24. The fourth-order valence-electron chi connectivity index (χ4n) is 3.86. The van der Waals surface area contributed by atoms with E-state index in [1.165, 1.54) is 0 Å². The number of anilines is 1. The maximum absolute atomic E-state index is 13.2. The van der Waals surface area contributed by atoms with Crippen LogP contribution in [0.4, 0.5) is 10.5 Å². The van der Waals surface area contributed by atoms with Crippen molar-refractivity contribution >= 4 is 17.5 Å². The van der Waals surface area contributed by atoms with Crippen LogP contribution in [0.15, 0.2) is 71.7 Å². The normalized spacial score (nSPS) is 12.4. The van der Waals surface area contributed by atoms with Gasteiger partial charge in [0, 0.05) is 17.8 Å². The first kappa shape index (κ1) is 22.4. The number of hydrogen-bond acceptors (Lipinski definition) is 5. The maximum Gasteiger partial charge on any atom is 0.414 e. The van der Waals surface area contributed by atoms with Gasteiger partial charge >= 0.3 is 6.09 Å². The lowest BCUT2D eigenvalue weighted by Crippen LogP contribution is -2.37. The minimum Gasteiger partial charge on any atom is -0.493 e. The van der Waals surface area contributed by atoms with Crippen LogP contribution < -0.4 is 14.4 Å². The van der Waals surface area contributed by atoms with E-state index in [4.69, 9.17) is 19.2 Å². The molecular weight excluding hydrogens is 416 g/mol. The third-order valence-corrected chi connectivity index (χ3v) is 5.68. The Hall–Kier alpha value is -3.80. The number of fused-ring (bicyclic) bond motifs is 1. The number of ether oxygens (including phenoxy) is 3. The third kappa shape index (κ3) is 5.17. The quantitative estimate of drug-likeness (QED) is 0.503. The fraction of sp³-hybridized carbons (Fsp3) is 0.259. The molecule has 3 aromatic carbocycles. The molecule has 4 rings (SSSR count). The summed E-state index contributed by atoms with van der Waals surface area (Å²) in [6, 6.07) is 21.4. The summed E-state index contributed by atoms with van der Waals surface area (Å²) in [5, 5.41) is 0. The van der Waals surface area contributed by atoms with Gasteiger partial charge in [0.15, 0.2) is 11.5 Å². The van der Waals surface area contributed by atoms with Crippen LogP contribution in [0.25, 0.3) is 0 Å². The van der Waals surface area contributed by atoms with Crippen LogP contribution in [0.2, 0.25) is 0 Å². The zero-order valence-electron chi connectivity index (χ0n) is 19.2. The lowest BCUT2D eigenvalue weighted by molar-refractivity contribution is 0.148. The molecule has 0 unspecified atom stereocenters. The van der Waals surface area contributed by atoms with Gasteiger partial charge in [-0.15, -0.1) is 0 Å². The number of carbonyl (C=O) groups excluding carboxylic acids is 1. The standard InChI is InChI=1S/C27H28N2O4/c1-19-9-11-22(12-10-19)29(27(30)33-18-20-7-5-4-6-8-20)17-24-23-16-26(32-3)25(31-2)15-21(23)13-14-28-24/h4-12,15-16H,13-14,17-18H2,1-3H3. The van der Waals surface area contributed by atoms with E-state index in [1.807, 2.05) is 73.7 Å². The van der Waals surface area contributed by atoms with Gasteiger partial charge in [-0.05, 0) is 48.7 Å². The monoisotopic (exact) mass is 444 g/mol. The lowest BCUT2D eigenvalue weighted by atomic mass is 9.96. The molecule has 0 spiro atoms. The van der Waals surface area contributed by atoms with Crippen molar-refractivity contribution in [2.45, 2.75) is 20.0 Å². The molecule has 0 N–H and O–H groups in total. The molecule has 0 radical (unpaired) electrons. The molecule has 170 valence electrons. The van der Waals surface area contributed by atoms with Crippen LogP contribution in [0.1, 0.15) is 22.3 Å². The average molecular weight is 445 g/mol. The van der Waals surface area contributed by atoms with Crippen molar-refractivity contribution in [2.24, 2.45) is 4.99 Å². The number of amides is 1. The van der Waals surface area contributed by atoms with E-state index in [0.29, 0.717) is 24.6 Å². The molecule has 1 aliphatic heterocycles. The molecule has 1 aliphatic rings. The van der Waals surface area contributed by atoms with Gasteiger partial charge < -0.3 is 14.2 Å². The number of rotatable bonds is 7. The number of methoxy groups -OCH3 is 2. The summed E-state index contributed by atoms with van der Waals surface area (Å²) in [5.41, 5.74) is 5.72. The Morgan fingerprint density at radius 2 is 1.67 bits per heavy atom. The largest absolute Gasteiger partial charge is 0.493 e. The number of nitrogens with zero attached hydrogens (tertiary/aromatic N) is 2. The van der Waals surface area contributed by atoms with Crippen molar-refractivity contribution in [3.8, 4) is 11.5 Å². The van der Waals surface area contributed by atoms with Gasteiger partial charge in [-0.3, -0.25) is 9.89 Å². The van der Waals surface area contributed by atoms with E-state index in [2.05, 4.69) is 0 Å². The second-order valence-electron chi connectivity index (χ2n) is 7.90. The minimum atomic E-state index is -0.419. The maximum atomic E-state index is 13.2. The molecule has 0 aromatic heterocycles. The van der Waals surface area contributed by atoms with Crippen LogP contribution in [0, 0.1) is 6.92 Å². The highest BCUT2D eigenvalue weighted by Gasteiger charge is 2.24. The topological polar surface area (TPSA) is 60.4 Å². The number of aryl methyl sites for hydroxylation is 1. The second kappa shape index (κ2) is 10.2. The molecule has 33 heavy (non-hydrogen) atoms. The van der Waals surface area contributed by atoms with E-state index in [-0.39, 0.29) is 6.61 Å². The Morgan fingerprint density at radius 3 is 2.36 bits per heavy atom. The predicted molar refractivity (Wildman–Crippen MR) is 130 cm³/mol. The Bertz CT molecular complexity index is 1140. The lowest BCUT2D eigenvalue weighted by Gasteiger charge is -2.26. The van der Waals surface area contributed by atoms with Crippen molar-refractivity contribution in [1.82, 2.24) is 0 Å². The van der Waals surface area contributed by atoms with Crippen LogP contribution in [-0.4, -0.2) is 39.1 Å². The Morgan fingerprint density at radius 1 is 0.970 bits per heavy atom. The van der Waals surface area contributed by atoms with Crippen molar-refractivity contribution in [2.75, 3.05) is 32.2 Å². The molecule has 0 atom stereocenters. The average Bonchev–Trinajstić information content (AvgIpc) is 2.86. The smallest absolute Gasteiger partial charge is 0.414 e. The molecular formula is C27H28N2O4. The van der Waals surface area contributed by atoms with E-state index in [1.54, 1.807) is 19.1 Å². The van der Waals surface area contributed by atoms with Crippen LogP contribution in [-0.2, 0) is 17.8 Å². The van der Waals surface area contributed by atoms with E-state index in [9.17, 15) is 4.79 Å². The summed E-state index contributed by atoms with van der Waals surface area (Å²) in [6.45, 7) is 3.16. The summed E-state index contributed by atoms with van der Waals surface area (Å²) in [6.07, 6.45) is 0.389. The first-order chi connectivity index (χ1) is 16.1. The molecule has 0 bridgehead atoms. The summed E-state index contributed by atoms with van der Waals surface area (Å²) in [4.78, 5) is 19.6. The molecule has 0 aliphatic carbocycles. The van der Waals surface area contributed by atoms with Crippen molar-refractivity contribution in [1.29, 1.82) is 0 Å². The highest BCUT2D eigenvalue weighted by atomic mass is 16.6. The van der Waals surface area contributed by atoms with Gasteiger partial charge in [-0.2, -0.15) is 0 Å². The Kier molecular flexibility index (Phi) is 6.93. The molecule has 0 saturated carbocycles. The zero-order chi connectivity index (χ0) is 23.2. The minimum absolute atomic E-state index is 0.204. The second-order valence-corrected chi connectivity index (χ2v) is 7.90. The number of carbonyl (C=O) groups is 1. The van der Waals surface area contributed by atoms with Crippen molar-refractivity contribution in [3.63, 3.8) is 0 Å². The molecule has 6 heteroatoms. The number of aliphatic imine (C=N–C) groups is 1. The van der Waals surface area contributed by atoms with Crippen molar-refractivity contribution < 1.29 is 19.0 Å². The first-order valence-corrected chi connectivity index (χ1v) is 10.9. The predicted octanol–water partition coefficient (Wildman–Crippen LogP) is 5.20.